The maximum atomic E-state index is 11.2. The maximum Gasteiger partial charge on any atom is 0.218 e. The number of phenols is 1. The summed E-state index contributed by atoms with van der Waals surface area (Å²) in [7, 11) is -2.60. The summed E-state index contributed by atoms with van der Waals surface area (Å²) in [6, 6.07) is 4.04. The summed E-state index contributed by atoms with van der Waals surface area (Å²) in [5, 5.41) is 10.3. The SMILES string of the molecule is C[NH+]1CC[C@]23c4c5ccc(O)c4O[C@H]2[C@@H](OS(=O)(=O)[O-])CC[C@H]3[C@H]1C5. The van der Waals surface area contributed by atoms with Crippen LogP contribution >= 0.6 is 0 Å². The smallest absolute Gasteiger partial charge is 0.218 e. The first kappa shape index (κ1) is 15.9. The van der Waals surface area contributed by atoms with Crippen LogP contribution in [0.15, 0.2) is 12.1 Å². The average Bonchev–Trinajstić information content (AvgIpc) is 2.88. The highest BCUT2D eigenvalue weighted by molar-refractivity contribution is 7.80. The van der Waals surface area contributed by atoms with Gasteiger partial charge in [0, 0.05) is 24.3 Å². The van der Waals surface area contributed by atoms with E-state index < -0.39 is 22.6 Å². The van der Waals surface area contributed by atoms with Gasteiger partial charge in [0.15, 0.2) is 11.5 Å². The minimum absolute atomic E-state index is 0.0785. The first-order chi connectivity index (χ1) is 11.8. The van der Waals surface area contributed by atoms with E-state index in [0.29, 0.717) is 24.1 Å². The molecule has 0 aromatic heterocycles. The van der Waals surface area contributed by atoms with Crippen LogP contribution in [0, 0.1) is 5.92 Å². The van der Waals surface area contributed by atoms with Gasteiger partial charge in [0.2, 0.25) is 10.4 Å². The predicted molar refractivity (Wildman–Crippen MR) is 85.4 cm³/mol. The van der Waals surface area contributed by atoms with Gasteiger partial charge in [-0.15, -0.1) is 0 Å². The minimum atomic E-state index is -4.81. The molecule has 5 rings (SSSR count). The van der Waals surface area contributed by atoms with Crippen LogP contribution in [-0.2, 0) is 26.4 Å². The second-order valence-electron chi connectivity index (χ2n) is 7.91. The van der Waals surface area contributed by atoms with Gasteiger partial charge in [-0.05, 0) is 24.5 Å². The zero-order chi connectivity index (χ0) is 17.6. The Balaban J connectivity index is 1.70. The standard InChI is InChI=1S/C17H21NO6S/c1-18-7-6-17-10-3-5-13(24-25(20,21)22)16(17)23-15-12(19)4-2-9(14(15)17)8-11(10)18/h2,4,10-11,13,16,19H,3,5-8H2,1H3,(H,20,21,22)/t10-,11+,13-,16-,17-/m0/s1. The highest BCUT2D eigenvalue weighted by Crippen LogP contribution is 2.62. The van der Waals surface area contributed by atoms with Gasteiger partial charge < -0.3 is 19.3 Å². The summed E-state index contributed by atoms with van der Waals surface area (Å²) < 4.78 is 44.7. The zero-order valence-electron chi connectivity index (χ0n) is 13.9. The van der Waals surface area contributed by atoms with Gasteiger partial charge in [-0.25, -0.2) is 8.42 Å². The van der Waals surface area contributed by atoms with Gasteiger partial charge in [-0.3, -0.25) is 4.18 Å². The van der Waals surface area contributed by atoms with Gasteiger partial charge in [-0.2, -0.15) is 0 Å². The Morgan fingerprint density at radius 3 is 2.96 bits per heavy atom. The van der Waals surface area contributed by atoms with Gasteiger partial charge in [0.1, 0.15) is 12.2 Å². The zero-order valence-corrected chi connectivity index (χ0v) is 14.7. The van der Waals surface area contributed by atoms with E-state index in [9.17, 15) is 18.1 Å². The molecule has 2 bridgehead atoms. The van der Waals surface area contributed by atoms with Gasteiger partial charge >= 0.3 is 0 Å². The molecule has 1 aromatic carbocycles. The van der Waals surface area contributed by atoms with Crippen LogP contribution < -0.4 is 9.64 Å². The molecule has 25 heavy (non-hydrogen) atoms. The molecule has 2 fully saturated rings. The van der Waals surface area contributed by atoms with Crippen LogP contribution in [0.1, 0.15) is 30.4 Å². The monoisotopic (exact) mass is 367 g/mol. The number of rotatable bonds is 2. The van der Waals surface area contributed by atoms with Crippen molar-refractivity contribution >= 4 is 10.4 Å². The topological polar surface area (TPSA) is 100 Å². The molecule has 2 aliphatic heterocycles. The lowest BCUT2D eigenvalue weighted by Gasteiger charge is -2.56. The van der Waals surface area contributed by atoms with Gasteiger partial charge in [-0.1, -0.05) is 6.07 Å². The van der Waals surface area contributed by atoms with Crippen molar-refractivity contribution in [1.82, 2.24) is 0 Å². The van der Waals surface area contributed by atoms with Crippen molar-refractivity contribution < 1.29 is 31.9 Å². The Labute approximate surface area is 146 Å². The quantitative estimate of drug-likeness (QED) is 0.539. The second-order valence-corrected chi connectivity index (χ2v) is 8.92. The van der Waals surface area contributed by atoms with E-state index in [2.05, 4.69) is 7.05 Å². The molecule has 2 heterocycles. The number of piperidine rings is 1. The first-order valence-electron chi connectivity index (χ1n) is 8.79. The minimum Gasteiger partial charge on any atom is -0.726 e. The van der Waals surface area contributed by atoms with Gasteiger partial charge in [0.05, 0.1) is 25.0 Å². The highest BCUT2D eigenvalue weighted by Gasteiger charge is 2.67. The summed E-state index contributed by atoms with van der Waals surface area (Å²) in [4.78, 5) is 1.48. The first-order valence-corrected chi connectivity index (χ1v) is 10.1. The maximum absolute atomic E-state index is 11.2. The van der Waals surface area contributed by atoms with Crippen molar-refractivity contribution in [2.24, 2.45) is 5.92 Å². The molecule has 7 nitrogen and oxygen atoms in total. The lowest BCUT2D eigenvalue weighted by atomic mass is 9.51. The fraction of sp³-hybridized carbons (Fsp3) is 0.647. The van der Waals surface area contributed by atoms with E-state index in [-0.39, 0.29) is 11.2 Å². The number of hydrogen-bond donors (Lipinski definition) is 2. The molecule has 1 aromatic rings. The summed E-state index contributed by atoms with van der Waals surface area (Å²) in [6.07, 6.45) is 1.72. The highest BCUT2D eigenvalue weighted by atomic mass is 32.3. The summed E-state index contributed by atoms with van der Waals surface area (Å²) in [6.45, 7) is 0.951. The molecule has 1 saturated heterocycles. The fourth-order valence-corrected chi connectivity index (χ4v) is 6.59. The lowest BCUT2D eigenvalue weighted by molar-refractivity contribution is -0.919. The van der Waals surface area contributed by atoms with E-state index in [1.807, 2.05) is 6.07 Å². The lowest BCUT2D eigenvalue weighted by Crippen LogP contribution is -3.16. The third kappa shape index (κ3) is 1.99. The summed E-state index contributed by atoms with van der Waals surface area (Å²) >= 11 is 0. The average molecular weight is 367 g/mol. The van der Waals surface area contributed by atoms with E-state index in [1.54, 1.807) is 6.07 Å². The molecule has 0 amide bonds. The van der Waals surface area contributed by atoms with Crippen LogP contribution in [0.4, 0.5) is 0 Å². The van der Waals surface area contributed by atoms with Crippen LogP contribution in [-0.4, -0.2) is 49.9 Å². The number of benzene rings is 1. The number of likely N-dealkylation sites (N-methyl/N-ethyl adjacent to an activating group) is 1. The van der Waals surface area contributed by atoms with Gasteiger partial charge in [0.25, 0.3) is 0 Å². The Morgan fingerprint density at radius 1 is 1.40 bits per heavy atom. The van der Waals surface area contributed by atoms with Crippen molar-refractivity contribution in [2.75, 3.05) is 13.6 Å². The molecule has 1 unspecified atom stereocenters. The molecular formula is C17H21NO6S. The molecule has 1 saturated carbocycles. The number of aromatic hydroxyl groups is 1. The van der Waals surface area contributed by atoms with Crippen LogP contribution in [0.3, 0.4) is 0 Å². The summed E-state index contributed by atoms with van der Waals surface area (Å²) in [5.74, 6) is 0.884. The molecule has 2 aliphatic carbocycles. The molecule has 2 N–H and O–H groups in total. The molecule has 4 aliphatic rings. The Hall–Kier alpha value is -1.35. The fourth-order valence-electron chi connectivity index (χ4n) is 6.09. The van der Waals surface area contributed by atoms with Crippen LogP contribution in [0.5, 0.6) is 11.5 Å². The summed E-state index contributed by atoms with van der Waals surface area (Å²) in [5.41, 5.74) is 1.84. The number of nitrogens with one attached hydrogen (secondary N) is 1. The number of ether oxygens (including phenoxy) is 1. The van der Waals surface area contributed by atoms with E-state index >= 15 is 0 Å². The van der Waals surface area contributed by atoms with Crippen molar-refractivity contribution in [1.29, 1.82) is 0 Å². The Kier molecular flexibility index (Phi) is 3.10. The molecule has 8 heteroatoms. The number of hydrogen-bond acceptors (Lipinski definition) is 6. The van der Waals surface area contributed by atoms with Crippen molar-refractivity contribution in [3.05, 3.63) is 23.3 Å². The second kappa shape index (κ2) is 4.88. The third-order valence-corrected chi connectivity index (χ3v) is 7.42. The molecule has 1 spiro atoms. The van der Waals surface area contributed by atoms with E-state index in [1.165, 1.54) is 10.5 Å². The predicted octanol–water partition coefficient (Wildman–Crippen LogP) is -0.510. The molecule has 0 radical (unpaired) electrons. The third-order valence-electron chi connectivity index (χ3n) is 6.94. The molecular weight excluding hydrogens is 346 g/mol. The largest absolute Gasteiger partial charge is 0.726 e. The Morgan fingerprint density at radius 2 is 2.20 bits per heavy atom. The van der Waals surface area contributed by atoms with Crippen molar-refractivity contribution in [3.8, 4) is 11.5 Å². The normalized spacial score (nSPS) is 41.1. The van der Waals surface area contributed by atoms with E-state index in [0.717, 1.165) is 31.4 Å². The number of quaternary nitrogens is 1. The molecule has 6 atom stereocenters. The molecule has 136 valence electrons. The number of likely N-dealkylation sites (tertiary alicyclic amines) is 1. The number of phenolic OH excluding ortho intramolecular Hbond substituents is 1. The van der Waals surface area contributed by atoms with Crippen molar-refractivity contribution in [3.63, 3.8) is 0 Å². The van der Waals surface area contributed by atoms with E-state index in [4.69, 9.17) is 8.92 Å². The Bertz CT molecular complexity index is 855. The van der Waals surface area contributed by atoms with Crippen molar-refractivity contribution in [2.45, 2.75) is 49.3 Å². The van der Waals surface area contributed by atoms with Crippen LogP contribution in [0.25, 0.3) is 0 Å². The van der Waals surface area contributed by atoms with Crippen LogP contribution in [0.2, 0.25) is 0 Å².